The summed E-state index contributed by atoms with van der Waals surface area (Å²) in [6.45, 7) is 0.747. The van der Waals surface area contributed by atoms with Crippen LogP contribution in [0.4, 0.5) is 0 Å². The first-order valence-corrected chi connectivity index (χ1v) is 8.26. The van der Waals surface area contributed by atoms with Crippen LogP contribution in [0, 0.1) is 0 Å². The maximum absolute atomic E-state index is 12.4. The molecule has 0 bridgehead atoms. The number of ketones is 1. The molecule has 142 valence electrons. The van der Waals surface area contributed by atoms with Crippen LogP contribution < -0.4 is 0 Å². The summed E-state index contributed by atoms with van der Waals surface area (Å²) < 4.78 is 15.1. The zero-order chi connectivity index (χ0) is 19.6. The number of hydrogen-bond donors (Lipinski definition) is 1. The van der Waals surface area contributed by atoms with Crippen LogP contribution in [0.3, 0.4) is 0 Å². The number of carbonyl (C=O) groups is 3. The molecule has 2 atom stereocenters. The average Bonchev–Trinajstić information content (AvgIpc) is 2.70. The number of aliphatic hydroxyl groups excluding tert-OH is 1. The molecule has 0 saturated heterocycles. The molecule has 7 heteroatoms. The van der Waals surface area contributed by atoms with Gasteiger partial charge in [-0.05, 0) is 5.56 Å². The summed E-state index contributed by atoms with van der Waals surface area (Å²) in [5, 5.41) is 9.91. The van der Waals surface area contributed by atoms with Crippen molar-refractivity contribution >= 4 is 17.7 Å². The molecule has 0 saturated carbocycles. The zero-order valence-corrected chi connectivity index (χ0v) is 14.7. The Morgan fingerprint density at radius 1 is 0.926 bits per heavy atom. The number of esters is 2. The zero-order valence-electron chi connectivity index (χ0n) is 14.7. The third kappa shape index (κ3) is 6.32. The van der Waals surface area contributed by atoms with Gasteiger partial charge in [0.2, 0.25) is 5.78 Å². The van der Waals surface area contributed by atoms with Crippen molar-refractivity contribution in [3.63, 3.8) is 0 Å². The molecule has 2 aromatic carbocycles. The third-order valence-electron chi connectivity index (χ3n) is 3.48. The van der Waals surface area contributed by atoms with Gasteiger partial charge in [0, 0.05) is 12.5 Å². The summed E-state index contributed by atoms with van der Waals surface area (Å²) in [6, 6.07) is 16.5. The summed E-state index contributed by atoms with van der Waals surface area (Å²) >= 11 is 0. The molecule has 0 heterocycles. The first-order valence-electron chi connectivity index (χ1n) is 8.26. The fourth-order valence-corrected chi connectivity index (χ4v) is 2.20. The van der Waals surface area contributed by atoms with E-state index in [0.717, 1.165) is 6.92 Å². The van der Waals surface area contributed by atoms with Crippen LogP contribution >= 0.6 is 0 Å². The minimum Gasteiger partial charge on any atom is -0.461 e. The van der Waals surface area contributed by atoms with E-state index in [2.05, 4.69) is 0 Å². The molecule has 27 heavy (non-hydrogen) atoms. The minimum atomic E-state index is -1.44. The van der Waals surface area contributed by atoms with Crippen molar-refractivity contribution in [1.82, 2.24) is 0 Å². The van der Waals surface area contributed by atoms with Crippen molar-refractivity contribution in [2.45, 2.75) is 19.3 Å². The third-order valence-corrected chi connectivity index (χ3v) is 3.48. The monoisotopic (exact) mass is 372 g/mol. The van der Waals surface area contributed by atoms with Crippen molar-refractivity contribution in [3.05, 3.63) is 71.8 Å². The second-order valence-corrected chi connectivity index (χ2v) is 5.52. The molecular weight excluding hydrogens is 352 g/mol. The first-order chi connectivity index (χ1) is 13.0. The fourth-order valence-electron chi connectivity index (χ4n) is 2.20. The lowest BCUT2D eigenvalue weighted by Gasteiger charge is -2.17. The van der Waals surface area contributed by atoms with Gasteiger partial charge in [-0.25, -0.2) is 4.79 Å². The lowest BCUT2D eigenvalue weighted by molar-refractivity contribution is -0.172. The van der Waals surface area contributed by atoms with E-state index in [4.69, 9.17) is 14.2 Å². The Balaban J connectivity index is 1.85. The number of benzene rings is 2. The first kappa shape index (κ1) is 20.3. The Labute approximate surface area is 156 Å². The van der Waals surface area contributed by atoms with Crippen LogP contribution in [0.15, 0.2) is 60.7 Å². The Morgan fingerprint density at radius 3 is 2.11 bits per heavy atom. The van der Waals surface area contributed by atoms with Gasteiger partial charge in [-0.1, -0.05) is 60.7 Å². The van der Waals surface area contributed by atoms with E-state index < -0.39 is 30.1 Å². The molecule has 0 aliphatic heterocycles. The highest BCUT2D eigenvalue weighted by molar-refractivity contribution is 5.99. The Kier molecular flexibility index (Phi) is 7.66. The maximum Gasteiger partial charge on any atom is 0.339 e. The quantitative estimate of drug-likeness (QED) is 0.311. The maximum atomic E-state index is 12.4. The van der Waals surface area contributed by atoms with Crippen LogP contribution in [0.2, 0.25) is 0 Å². The highest BCUT2D eigenvalue weighted by Crippen LogP contribution is 2.14. The van der Waals surface area contributed by atoms with E-state index in [1.807, 2.05) is 0 Å². The number of hydrogen-bond acceptors (Lipinski definition) is 7. The largest absolute Gasteiger partial charge is 0.461 e. The normalized spacial score (nSPS) is 12.7. The summed E-state index contributed by atoms with van der Waals surface area (Å²) in [6.07, 6.45) is -2.86. The predicted octanol–water partition coefficient (Wildman–Crippen LogP) is 2.05. The molecular formula is C20H20O7. The van der Waals surface area contributed by atoms with E-state index >= 15 is 0 Å². The highest BCUT2D eigenvalue weighted by atomic mass is 16.7. The van der Waals surface area contributed by atoms with Crippen molar-refractivity contribution in [3.8, 4) is 0 Å². The van der Waals surface area contributed by atoms with Gasteiger partial charge < -0.3 is 19.3 Å². The summed E-state index contributed by atoms with van der Waals surface area (Å²) in [7, 11) is 0. The molecule has 7 nitrogen and oxygen atoms in total. The van der Waals surface area contributed by atoms with Crippen LogP contribution in [0.25, 0.3) is 0 Å². The van der Waals surface area contributed by atoms with Crippen molar-refractivity contribution < 1.29 is 33.7 Å². The highest BCUT2D eigenvalue weighted by Gasteiger charge is 2.24. The van der Waals surface area contributed by atoms with Crippen molar-refractivity contribution in [1.29, 1.82) is 0 Å². The second-order valence-electron chi connectivity index (χ2n) is 5.52. The van der Waals surface area contributed by atoms with Gasteiger partial charge in [-0.2, -0.15) is 0 Å². The summed E-state index contributed by atoms with van der Waals surface area (Å²) in [5.74, 6) is -2.05. The lowest BCUT2D eigenvalue weighted by Crippen LogP contribution is -2.31. The standard InChI is InChI=1S/C20H20O7/c1-14(21)27-20(18(23)16-10-6-3-7-11-16)26-13-12-25-19(24)17(22)15-8-4-2-5-9-15/h2-11,17,20,22H,12-13H2,1H3. The Morgan fingerprint density at radius 2 is 1.52 bits per heavy atom. The second kappa shape index (κ2) is 10.2. The van der Waals surface area contributed by atoms with E-state index in [0.29, 0.717) is 11.1 Å². The number of rotatable bonds is 9. The number of carbonyl (C=O) groups excluding carboxylic acids is 3. The smallest absolute Gasteiger partial charge is 0.339 e. The summed E-state index contributed by atoms with van der Waals surface area (Å²) in [4.78, 5) is 35.4. The van der Waals surface area contributed by atoms with Gasteiger partial charge in [-0.15, -0.1) is 0 Å². The van der Waals surface area contributed by atoms with Gasteiger partial charge in [0.25, 0.3) is 6.29 Å². The number of ether oxygens (including phenoxy) is 3. The molecule has 0 aliphatic carbocycles. The topological polar surface area (TPSA) is 99.1 Å². The fraction of sp³-hybridized carbons (Fsp3) is 0.250. The van der Waals surface area contributed by atoms with E-state index in [9.17, 15) is 19.5 Å². The molecule has 2 aromatic rings. The van der Waals surface area contributed by atoms with Crippen LogP contribution in [0.5, 0.6) is 0 Å². The molecule has 2 unspecified atom stereocenters. The van der Waals surface area contributed by atoms with Gasteiger partial charge >= 0.3 is 11.9 Å². The van der Waals surface area contributed by atoms with E-state index in [1.165, 1.54) is 0 Å². The van der Waals surface area contributed by atoms with E-state index in [-0.39, 0.29) is 13.2 Å². The van der Waals surface area contributed by atoms with Crippen LogP contribution in [0.1, 0.15) is 28.9 Å². The van der Waals surface area contributed by atoms with Crippen LogP contribution in [-0.4, -0.2) is 42.3 Å². The molecule has 0 radical (unpaired) electrons. The van der Waals surface area contributed by atoms with Gasteiger partial charge in [0.15, 0.2) is 6.10 Å². The van der Waals surface area contributed by atoms with Crippen molar-refractivity contribution in [2.24, 2.45) is 0 Å². The van der Waals surface area contributed by atoms with Crippen LogP contribution in [-0.2, 0) is 23.8 Å². The Bertz CT molecular complexity index is 758. The van der Waals surface area contributed by atoms with Gasteiger partial charge in [0.1, 0.15) is 6.61 Å². The average molecular weight is 372 g/mol. The van der Waals surface area contributed by atoms with Gasteiger partial charge in [-0.3, -0.25) is 9.59 Å². The SMILES string of the molecule is CC(=O)OC(OCCOC(=O)C(O)c1ccccc1)C(=O)c1ccccc1. The molecule has 1 N–H and O–H groups in total. The van der Waals surface area contributed by atoms with E-state index in [1.54, 1.807) is 60.7 Å². The molecule has 0 aliphatic rings. The molecule has 0 spiro atoms. The molecule has 2 rings (SSSR count). The Hall–Kier alpha value is -3.03. The number of Topliss-reactive ketones (excluding diaryl/α,β-unsaturated/α-hetero) is 1. The number of aliphatic hydroxyl groups is 1. The minimum absolute atomic E-state index is 0.191. The van der Waals surface area contributed by atoms with Gasteiger partial charge in [0.05, 0.1) is 6.61 Å². The molecule has 0 fully saturated rings. The predicted molar refractivity (Wildman–Crippen MR) is 94.6 cm³/mol. The lowest BCUT2D eigenvalue weighted by atomic mass is 10.1. The summed E-state index contributed by atoms with van der Waals surface area (Å²) in [5.41, 5.74) is 0.723. The molecule has 0 aromatic heterocycles. The van der Waals surface area contributed by atoms with Crippen molar-refractivity contribution in [2.75, 3.05) is 13.2 Å². The molecule has 0 amide bonds.